The summed E-state index contributed by atoms with van der Waals surface area (Å²) in [5.41, 5.74) is 1.83. The van der Waals surface area contributed by atoms with Crippen LogP contribution < -0.4 is 9.64 Å². The van der Waals surface area contributed by atoms with Crippen LogP contribution in [0.4, 0.5) is 10.2 Å². The maximum absolute atomic E-state index is 13.5. The number of furan rings is 1. The second-order valence-corrected chi connectivity index (χ2v) is 6.75. The van der Waals surface area contributed by atoms with Gasteiger partial charge in [0.05, 0.1) is 19.6 Å². The number of hydrogen-bond donors (Lipinski definition) is 0. The number of benzene rings is 1. The molecule has 0 spiro atoms. The third kappa shape index (κ3) is 3.88. The molecular weight excluding hydrogens is 347 g/mol. The molecule has 4 rings (SSSR count). The van der Waals surface area contributed by atoms with Gasteiger partial charge in [-0.05, 0) is 43.1 Å². The van der Waals surface area contributed by atoms with Crippen molar-refractivity contribution in [3.63, 3.8) is 0 Å². The van der Waals surface area contributed by atoms with Gasteiger partial charge in [-0.15, -0.1) is 0 Å². The quantitative estimate of drug-likeness (QED) is 0.665. The minimum absolute atomic E-state index is 0.221. The number of halogens is 1. The van der Waals surface area contributed by atoms with E-state index in [1.807, 2.05) is 0 Å². The highest BCUT2D eigenvalue weighted by Gasteiger charge is 2.20. The first-order valence-electron chi connectivity index (χ1n) is 9.21. The molecule has 0 N–H and O–H groups in total. The van der Waals surface area contributed by atoms with Crippen LogP contribution >= 0.6 is 0 Å². The van der Waals surface area contributed by atoms with Crippen LogP contribution in [-0.4, -0.2) is 54.7 Å². The fraction of sp³-hybridized carbons (Fsp3) is 0.400. The van der Waals surface area contributed by atoms with Crippen molar-refractivity contribution in [1.82, 2.24) is 14.9 Å². The van der Waals surface area contributed by atoms with Crippen molar-refractivity contribution in [2.75, 3.05) is 44.7 Å². The molecule has 1 aliphatic heterocycles. The number of fused-ring (bicyclic) bond motifs is 1. The van der Waals surface area contributed by atoms with Crippen LogP contribution in [0.2, 0.25) is 0 Å². The Labute approximate surface area is 157 Å². The molecule has 3 aromatic rings. The van der Waals surface area contributed by atoms with Crippen LogP contribution in [0, 0.1) is 5.82 Å². The fourth-order valence-corrected chi connectivity index (χ4v) is 3.62. The highest BCUT2D eigenvalue weighted by molar-refractivity contribution is 5.81. The van der Waals surface area contributed by atoms with Gasteiger partial charge >= 0.3 is 0 Å². The first-order valence-corrected chi connectivity index (χ1v) is 9.21. The van der Waals surface area contributed by atoms with Gasteiger partial charge in [-0.25, -0.2) is 14.4 Å². The Bertz CT molecular complexity index is 906. The van der Waals surface area contributed by atoms with Crippen molar-refractivity contribution in [3.8, 4) is 5.75 Å². The van der Waals surface area contributed by atoms with Gasteiger partial charge in [0.25, 0.3) is 0 Å². The summed E-state index contributed by atoms with van der Waals surface area (Å²) in [5, 5.41) is 0.885. The average molecular weight is 370 g/mol. The topological polar surface area (TPSA) is 54.6 Å². The zero-order valence-corrected chi connectivity index (χ0v) is 15.4. The molecule has 1 fully saturated rings. The van der Waals surface area contributed by atoms with E-state index in [1.54, 1.807) is 38.0 Å². The van der Waals surface area contributed by atoms with Crippen molar-refractivity contribution in [3.05, 3.63) is 48.4 Å². The number of hydrogen-bond acceptors (Lipinski definition) is 6. The molecule has 0 unspecified atom stereocenters. The zero-order valence-electron chi connectivity index (χ0n) is 15.4. The molecule has 142 valence electrons. The molecule has 0 bridgehead atoms. The van der Waals surface area contributed by atoms with Gasteiger partial charge in [0.1, 0.15) is 17.7 Å². The summed E-state index contributed by atoms with van der Waals surface area (Å²) in [6.45, 7) is 4.79. The maximum Gasteiger partial charge on any atom is 0.179 e. The fourth-order valence-electron chi connectivity index (χ4n) is 3.62. The zero-order chi connectivity index (χ0) is 18.6. The van der Waals surface area contributed by atoms with Gasteiger partial charge in [-0.3, -0.25) is 4.90 Å². The van der Waals surface area contributed by atoms with Gasteiger partial charge in [0.15, 0.2) is 11.6 Å². The minimum atomic E-state index is -0.221. The van der Waals surface area contributed by atoms with Crippen molar-refractivity contribution in [2.24, 2.45) is 0 Å². The number of ether oxygens (including phenoxy) is 1. The van der Waals surface area contributed by atoms with E-state index in [9.17, 15) is 4.39 Å². The highest BCUT2D eigenvalue weighted by Crippen LogP contribution is 2.25. The van der Waals surface area contributed by atoms with E-state index in [1.165, 1.54) is 6.07 Å². The SMILES string of the molecule is COc1cncnc1N1CCN(CCCc2coc3ccc(F)cc23)CC1. The number of anilines is 1. The van der Waals surface area contributed by atoms with E-state index in [0.717, 1.165) is 67.9 Å². The summed E-state index contributed by atoms with van der Waals surface area (Å²) >= 11 is 0. The predicted molar refractivity (Wildman–Crippen MR) is 102 cm³/mol. The van der Waals surface area contributed by atoms with Gasteiger partial charge in [-0.1, -0.05) is 0 Å². The molecule has 2 aromatic heterocycles. The summed E-state index contributed by atoms with van der Waals surface area (Å²) in [7, 11) is 1.64. The lowest BCUT2D eigenvalue weighted by atomic mass is 10.1. The van der Waals surface area contributed by atoms with E-state index in [2.05, 4.69) is 19.8 Å². The summed E-state index contributed by atoms with van der Waals surface area (Å²) in [4.78, 5) is 13.1. The lowest BCUT2D eigenvalue weighted by Crippen LogP contribution is -2.47. The maximum atomic E-state index is 13.5. The molecule has 1 aliphatic rings. The van der Waals surface area contributed by atoms with E-state index >= 15 is 0 Å². The molecule has 0 amide bonds. The van der Waals surface area contributed by atoms with Crippen LogP contribution in [0.5, 0.6) is 5.75 Å². The number of rotatable bonds is 6. The van der Waals surface area contributed by atoms with Gasteiger partial charge < -0.3 is 14.1 Å². The van der Waals surface area contributed by atoms with Crippen molar-refractivity contribution in [2.45, 2.75) is 12.8 Å². The lowest BCUT2D eigenvalue weighted by Gasteiger charge is -2.35. The molecule has 6 nitrogen and oxygen atoms in total. The molecule has 1 aromatic carbocycles. The van der Waals surface area contributed by atoms with E-state index in [0.29, 0.717) is 5.75 Å². The van der Waals surface area contributed by atoms with Crippen molar-refractivity contribution < 1.29 is 13.5 Å². The molecular formula is C20H23FN4O2. The molecule has 0 atom stereocenters. The Morgan fingerprint density at radius 2 is 2.07 bits per heavy atom. The van der Waals surface area contributed by atoms with E-state index in [4.69, 9.17) is 9.15 Å². The largest absolute Gasteiger partial charge is 0.491 e. The Balaban J connectivity index is 1.29. The smallest absolute Gasteiger partial charge is 0.179 e. The first-order chi connectivity index (χ1) is 13.2. The Hall–Kier alpha value is -2.67. The third-order valence-electron chi connectivity index (χ3n) is 5.09. The molecule has 1 saturated heterocycles. The van der Waals surface area contributed by atoms with Crippen LogP contribution in [0.3, 0.4) is 0 Å². The number of aromatic nitrogens is 2. The van der Waals surface area contributed by atoms with Crippen LogP contribution in [0.15, 0.2) is 41.4 Å². The second-order valence-electron chi connectivity index (χ2n) is 6.75. The first kappa shape index (κ1) is 17.7. The van der Waals surface area contributed by atoms with Gasteiger partial charge in [0, 0.05) is 31.6 Å². The van der Waals surface area contributed by atoms with Crippen molar-refractivity contribution in [1.29, 1.82) is 0 Å². The van der Waals surface area contributed by atoms with Crippen LogP contribution in [-0.2, 0) is 6.42 Å². The Morgan fingerprint density at radius 3 is 2.89 bits per heavy atom. The monoisotopic (exact) mass is 370 g/mol. The molecule has 0 saturated carbocycles. The Morgan fingerprint density at radius 1 is 1.22 bits per heavy atom. The summed E-state index contributed by atoms with van der Waals surface area (Å²) in [6.07, 6.45) is 6.91. The van der Waals surface area contributed by atoms with Gasteiger partial charge in [0.2, 0.25) is 0 Å². The number of nitrogens with zero attached hydrogens (tertiary/aromatic N) is 4. The number of piperazine rings is 1. The summed E-state index contributed by atoms with van der Waals surface area (Å²) in [6, 6.07) is 4.68. The highest BCUT2D eigenvalue weighted by atomic mass is 19.1. The Kier molecular flexibility index (Phi) is 5.20. The third-order valence-corrected chi connectivity index (χ3v) is 5.09. The van der Waals surface area contributed by atoms with Gasteiger partial charge in [-0.2, -0.15) is 0 Å². The lowest BCUT2D eigenvalue weighted by molar-refractivity contribution is 0.253. The molecule has 27 heavy (non-hydrogen) atoms. The molecule has 3 heterocycles. The predicted octanol–water partition coefficient (Wildman–Crippen LogP) is 3.13. The molecule has 0 aliphatic carbocycles. The molecule has 7 heteroatoms. The number of methoxy groups -OCH3 is 1. The van der Waals surface area contributed by atoms with Crippen LogP contribution in [0.25, 0.3) is 11.0 Å². The number of aryl methyl sites for hydroxylation is 1. The van der Waals surface area contributed by atoms with Crippen LogP contribution in [0.1, 0.15) is 12.0 Å². The summed E-state index contributed by atoms with van der Waals surface area (Å²) in [5.74, 6) is 1.35. The van der Waals surface area contributed by atoms with Crippen molar-refractivity contribution >= 4 is 16.8 Å². The summed E-state index contributed by atoms with van der Waals surface area (Å²) < 4.78 is 24.3. The molecule has 0 radical (unpaired) electrons. The standard InChI is InChI=1S/C20H23FN4O2/c1-26-19-12-22-14-23-20(19)25-9-7-24(8-10-25)6-2-3-15-13-27-18-5-4-16(21)11-17(15)18/h4-5,11-14H,2-3,6-10H2,1H3. The average Bonchev–Trinajstić information content (AvgIpc) is 3.10. The second kappa shape index (κ2) is 7.92. The van der Waals surface area contributed by atoms with E-state index < -0.39 is 0 Å². The minimum Gasteiger partial charge on any atom is -0.491 e. The normalized spacial score (nSPS) is 15.4. The van der Waals surface area contributed by atoms with E-state index in [-0.39, 0.29) is 5.82 Å².